The van der Waals surface area contributed by atoms with Gasteiger partial charge in [0.25, 0.3) is 0 Å². The first kappa shape index (κ1) is 34.3. The fourth-order valence-electron chi connectivity index (χ4n) is 10.4. The molecule has 1 heterocycles. The predicted octanol–water partition coefficient (Wildman–Crippen LogP) is 16.4. The highest BCUT2D eigenvalue weighted by Crippen LogP contribution is 2.53. The Balaban J connectivity index is 1.19. The van der Waals surface area contributed by atoms with Crippen molar-refractivity contribution >= 4 is 59.3 Å². The number of hydrogen-bond donors (Lipinski definition) is 0. The summed E-state index contributed by atoms with van der Waals surface area (Å²) in [7, 11) is 0. The third-order valence-corrected chi connectivity index (χ3v) is 14.2. The molecule has 11 rings (SSSR count). The number of rotatable bonds is 6. The van der Waals surface area contributed by atoms with Crippen LogP contribution in [0.4, 0.5) is 17.1 Å². The van der Waals surface area contributed by atoms with Gasteiger partial charge in [0, 0.05) is 42.4 Å². The van der Waals surface area contributed by atoms with Gasteiger partial charge >= 0.3 is 0 Å². The first-order valence-corrected chi connectivity index (χ1v) is 21.5. The third-order valence-electron chi connectivity index (χ3n) is 13.1. The van der Waals surface area contributed by atoms with Crippen LogP contribution in [-0.4, -0.2) is 0 Å². The topological polar surface area (TPSA) is 3.24 Å². The molecule has 0 radical (unpaired) electrons. The van der Waals surface area contributed by atoms with Crippen LogP contribution in [0.15, 0.2) is 170 Å². The van der Waals surface area contributed by atoms with E-state index in [0.29, 0.717) is 5.92 Å². The van der Waals surface area contributed by atoms with Crippen molar-refractivity contribution in [1.29, 1.82) is 0 Å². The molecule has 0 bridgehead atoms. The highest BCUT2D eigenvalue weighted by Gasteiger charge is 2.36. The minimum absolute atomic E-state index is 0.127. The second-order valence-corrected chi connectivity index (χ2v) is 17.7. The second kappa shape index (κ2) is 13.6. The molecule has 9 aromatic rings. The van der Waals surface area contributed by atoms with Gasteiger partial charge < -0.3 is 4.90 Å². The van der Waals surface area contributed by atoms with Crippen molar-refractivity contribution in [3.05, 3.63) is 187 Å². The summed E-state index contributed by atoms with van der Waals surface area (Å²) in [6, 6.07) is 64.1. The lowest BCUT2D eigenvalue weighted by molar-refractivity contribution is 0.445. The van der Waals surface area contributed by atoms with Crippen LogP contribution in [0, 0.1) is 0 Å². The van der Waals surface area contributed by atoms with Crippen LogP contribution >= 0.6 is 11.3 Å². The van der Waals surface area contributed by atoms with Gasteiger partial charge in [0.1, 0.15) is 0 Å². The maximum Gasteiger partial charge on any atom is 0.0540 e. The summed E-state index contributed by atoms with van der Waals surface area (Å²) in [5, 5.41) is 5.38. The fraction of sp³-hybridized carbons (Fsp3) is 0.164. The molecule has 276 valence electrons. The average molecular weight is 752 g/mol. The summed E-state index contributed by atoms with van der Waals surface area (Å²) in [6.07, 6.45) is 6.52. The van der Waals surface area contributed by atoms with E-state index in [1.54, 1.807) is 0 Å². The van der Waals surface area contributed by atoms with Gasteiger partial charge in [-0.25, -0.2) is 0 Å². The highest BCUT2D eigenvalue weighted by atomic mass is 32.1. The van der Waals surface area contributed by atoms with Crippen LogP contribution in [0.5, 0.6) is 0 Å². The summed E-state index contributed by atoms with van der Waals surface area (Å²) in [5.74, 6) is 0.592. The zero-order chi connectivity index (χ0) is 38.1. The van der Waals surface area contributed by atoms with Crippen LogP contribution in [0.3, 0.4) is 0 Å². The summed E-state index contributed by atoms with van der Waals surface area (Å²) in [5.41, 5.74) is 15.4. The molecule has 1 saturated carbocycles. The van der Waals surface area contributed by atoms with Crippen molar-refractivity contribution in [3.8, 4) is 33.4 Å². The van der Waals surface area contributed by atoms with E-state index >= 15 is 0 Å². The molecule has 1 nitrogen and oxygen atoms in total. The Morgan fingerprint density at radius 1 is 0.474 bits per heavy atom. The van der Waals surface area contributed by atoms with E-state index in [0.717, 1.165) is 0 Å². The molecule has 2 aliphatic rings. The summed E-state index contributed by atoms with van der Waals surface area (Å²) >= 11 is 1.88. The number of para-hydroxylation sites is 2. The van der Waals surface area contributed by atoms with Gasteiger partial charge in [-0.1, -0.05) is 167 Å². The molecule has 1 fully saturated rings. The zero-order valence-electron chi connectivity index (χ0n) is 32.6. The monoisotopic (exact) mass is 751 g/mol. The van der Waals surface area contributed by atoms with E-state index in [1.165, 1.54) is 130 Å². The van der Waals surface area contributed by atoms with E-state index in [1.807, 2.05) is 11.3 Å². The summed E-state index contributed by atoms with van der Waals surface area (Å²) < 4.78 is 2.64. The van der Waals surface area contributed by atoms with Gasteiger partial charge in [0.2, 0.25) is 0 Å². The Bertz CT molecular complexity index is 2990. The lowest BCUT2D eigenvalue weighted by Crippen LogP contribution is -2.17. The molecule has 0 N–H and O–H groups in total. The van der Waals surface area contributed by atoms with Crippen molar-refractivity contribution in [2.75, 3.05) is 4.90 Å². The number of thiophene rings is 1. The number of benzene rings is 8. The lowest BCUT2D eigenvalue weighted by Gasteiger charge is -2.32. The first-order valence-electron chi connectivity index (χ1n) is 20.7. The molecule has 0 amide bonds. The molecular weight excluding hydrogens is 707 g/mol. The minimum Gasteiger partial charge on any atom is -0.309 e. The standard InChI is InChI=1S/C55H45NS/c1-55(2)47-28-10-6-21-40(47)41-34-33-38(35-48(41)55)56(50-30-12-8-23-43(50)45-27-16-32-52-54(45)46-24-9-13-31-51(46)57-52)49-29-11-7-22-42(49)44-26-15-20-37-19-14-25-39(53(37)44)36-17-4-3-5-18-36/h6-16,19-36H,3-5,17-18H2,1-2H3. The quantitative estimate of drug-likeness (QED) is 0.164. The van der Waals surface area contributed by atoms with E-state index < -0.39 is 0 Å². The maximum absolute atomic E-state index is 2.57. The van der Waals surface area contributed by atoms with Crippen molar-refractivity contribution in [3.63, 3.8) is 0 Å². The Morgan fingerprint density at radius 3 is 1.82 bits per heavy atom. The molecule has 2 aliphatic carbocycles. The summed E-state index contributed by atoms with van der Waals surface area (Å²) in [6.45, 7) is 4.78. The van der Waals surface area contributed by atoms with Crippen molar-refractivity contribution in [2.45, 2.75) is 57.3 Å². The largest absolute Gasteiger partial charge is 0.309 e. The average Bonchev–Trinajstić information content (AvgIpc) is 3.76. The number of anilines is 3. The van der Waals surface area contributed by atoms with Crippen molar-refractivity contribution < 1.29 is 0 Å². The Hall–Kier alpha value is -5.96. The van der Waals surface area contributed by atoms with Gasteiger partial charge in [-0.3, -0.25) is 0 Å². The van der Waals surface area contributed by atoms with Gasteiger partial charge in [-0.15, -0.1) is 11.3 Å². The molecule has 0 atom stereocenters. The van der Waals surface area contributed by atoms with Crippen LogP contribution in [0.2, 0.25) is 0 Å². The normalized spacial score (nSPS) is 14.9. The molecule has 0 unspecified atom stereocenters. The van der Waals surface area contributed by atoms with E-state index in [9.17, 15) is 0 Å². The molecule has 0 spiro atoms. The molecule has 2 heteroatoms. The number of fused-ring (bicyclic) bond motifs is 7. The van der Waals surface area contributed by atoms with E-state index in [2.05, 4.69) is 189 Å². The fourth-order valence-corrected chi connectivity index (χ4v) is 11.5. The predicted molar refractivity (Wildman–Crippen MR) is 246 cm³/mol. The van der Waals surface area contributed by atoms with Crippen LogP contribution in [0.1, 0.15) is 68.6 Å². The van der Waals surface area contributed by atoms with E-state index in [-0.39, 0.29) is 5.41 Å². The molecule has 57 heavy (non-hydrogen) atoms. The minimum atomic E-state index is -0.127. The molecule has 0 aliphatic heterocycles. The summed E-state index contributed by atoms with van der Waals surface area (Å²) in [4.78, 5) is 2.57. The highest BCUT2D eigenvalue weighted by molar-refractivity contribution is 7.25. The maximum atomic E-state index is 2.57. The van der Waals surface area contributed by atoms with Crippen LogP contribution in [0.25, 0.3) is 64.3 Å². The van der Waals surface area contributed by atoms with Gasteiger partial charge in [-0.2, -0.15) is 0 Å². The molecule has 1 aromatic heterocycles. The smallest absolute Gasteiger partial charge is 0.0540 e. The lowest BCUT2D eigenvalue weighted by atomic mass is 9.80. The van der Waals surface area contributed by atoms with Crippen molar-refractivity contribution in [2.24, 2.45) is 0 Å². The van der Waals surface area contributed by atoms with Gasteiger partial charge in [0.05, 0.1) is 11.4 Å². The van der Waals surface area contributed by atoms with E-state index in [4.69, 9.17) is 0 Å². The second-order valence-electron chi connectivity index (χ2n) is 16.6. The zero-order valence-corrected chi connectivity index (χ0v) is 33.5. The SMILES string of the molecule is CC1(C)c2ccccc2-c2ccc(N(c3ccccc3-c3cccc4cccc(C5CCCCC5)c34)c3ccccc3-c3cccc4sc5ccccc5c34)cc21. The molecule has 0 saturated heterocycles. The molecular formula is C55H45NS. The van der Waals surface area contributed by atoms with Gasteiger partial charge in [-0.05, 0) is 105 Å². The van der Waals surface area contributed by atoms with Crippen molar-refractivity contribution in [1.82, 2.24) is 0 Å². The first-order chi connectivity index (χ1) is 28.1. The van der Waals surface area contributed by atoms with Gasteiger partial charge in [0.15, 0.2) is 0 Å². The Morgan fingerprint density at radius 2 is 1.05 bits per heavy atom. The number of hydrogen-bond acceptors (Lipinski definition) is 2. The Kier molecular flexibility index (Phi) is 8.19. The van der Waals surface area contributed by atoms with Crippen LogP contribution in [-0.2, 0) is 5.41 Å². The third kappa shape index (κ3) is 5.49. The van der Waals surface area contributed by atoms with Crippen LogP contribution < -0.4 is 4.90 Å². The Labute approximate surface area is 339 Å². The number of nitrogens with zero attached hydrogens (tertiary/aromatic N) is 1. The molecule has 8 aromatic carbocycles.